The average Bonchev–Trinajstić information content (AvgIpc) is 3.23. The van der Waals surface area contributed by atoms with Crippen molar-refractivity contribution in [3.8, 4) is 17.2 Å². The molecule has 0 N–H and O–H groups in total. The Kier molecular flexibility index (Phi) is 5.55. The normalized spacial score (nSPS) is 30.6. The van der Waals surface area contributed by atoms with Gasteiger partial charge in [0.25, 0.3) is 0 Å². The second-order valence-corrected chi connectivity index (χ2v) is 11.6. The minimum atomic E-state index is -0.324. The minimum absolute atomic E-state index is 0.00975. The van der Waals surface area contributed by atoms with Gasteiger partial charge in [-0.2, -0.15) is 0 Å². The molecule has 1 aromatic rings. The van der Waals surface area contributed by atoms with Gasteiger partial charge in [-0.25, -0.2) is 0 Å². The molecule has 1 aromatic carbocycles. The van der Waals surface area contributed by atoms with Crippen LogP contribution >= 0.6 is 0 Å². The molecule has 5 heteroatoms. The van der Waals surface area contributed by atoms with Crippen molar-refractivity contribution in [2.24, 2.45) is 16.7 Å². The summed E-state index contributed by atoms with van der Waals surface area (Å²) in [7, 11) is 3.82. The summed E-state index contributed by atoms with van der Waals surface area (Å²) in [6.45, 7) is 10.4. The molecule has 5 nitrogen and oxygen atoms in total. The molecule has 4 aliphatic rings. The third-order valence-electron chi connectivity index (χ3n) is 9.27. The molecule has 2 aliphatic heterocycles. The van der Waals surface area contributed by atoms with E-state index in [1.165, 1.54) is 24.8 Å². The van der Waals surface area contributed by atoms with Gasteiger partial charge in [-0.15, -0.1) is 0 Å². The lowest BCUT2D eigenvalue weighted by molar-refractivity contribution is -0.132. The van der Waals surface area contributed by atoms with E-state index in [-0.39, 0.29) is 23.7 Å². The Morgan fingerprint density at radius 2 is 2.03 bits per heavy atom. The lowest BCUT2D eigenvalue weighted by Gasteiger charge is -2.48. The van der Waals surface area contributed by atoms with E-state index in [4.69, 9.17) is 14.2 Å². The van der Waals surface area contributed by atoms with Gasteiger partial charge < -0.3 is 14.2 Å². The summed E-state index contributed by atoms with van der Waals surface area (Å²) >= 11 is 0. The van der Waals surface area contributed by atoms with Crippen LogP contribution in [0.4, 0.5) is 0 Å². The van der Waals surface area contributed by atoms with Crippen molar-refractivity contribution in [3.05, 3.63) is 28.3 Å². The summed E-state index contributed by atoms with van der Waals surface area (Å²) in [5.41, 5.74) is 5.42. The number of fused-ring (bicyclic) bond motifs is 2. The van der Waals surface area contributed by atoms with Crippen molar-refractivity contribution in [1.29, 1.82) is 0 Å². The van der Waals surface area contributed by atoms with E-state index in [0.29, 0.717) is 23.9 Å². The molecule has 2 heterocycles. The van der Waals surface area contributed by atoms with Gasteiger partial charge in [0.05, 0.1) is 7.11 Å². The number of likely N-dealkylation sites (N-methyl/N-ethyl adjacent to an activating group) is 1. The number of methoxy groups -OCH3 is 1. The molecule has 5 rings (SSSR count). The van der Waals surface area contributed by atoms with E-state index in [1.54, 1.807) is 18.3 Å². The van der Waals surface area contributed by atoms with Crippen LogP contribution in [0.15, 0.2) is 17.2 Å². The summed E-state index contributed by atoms with van der Waals surface area (Å²) in [5.74, 6) is 2.92. The molecule has 0 amide bonds. The van der Waals surface area contributed by atoms with Crippen LogP contribution in [-0.2, 0) is 11.2 Å². The Morgan fingerprint density at radius 1 is 1.24 bits per heavy atom. The topological polar surface area (TPSA) is 48.0 Å². The van der Waals surface area contributed by atoms with Crippen molar-refractivity contribution < 1.29 is 19.0 Å². The first-order valence-electron chi connectivity index (χ1n) is 12.6. The third-order valence-corrected chi connectivity index (χ3v) is 9.27. The van der Waals surface area contributed by atoms with Crippen LogP contribution in [0.5, 0.6) is 17.2 Å². The zero-order chi connectivity index (χ0) is 23.5. The number of hydrogen-bond donors (Lipinski definition) is 0. The molecule has 2 aliphatic carbocycles. The number of ketones is 1. The van der Waals surface area contributed by atoms with E-state index in [9.17, 15) is 4.79 Å². The maximum atomic E-state index is 14.1. The van der Waals surface area contributed by atoms with Crippen LogP contribution in [0.25, 0.3) is 0 Å². The first kappa shape index (κ1) is 22.8. The molecule has 0 spiro atoms. The minimum Gasteiger partial charge on any atom is -0.492 e. The second kappa shape index (κ2) is 8.04. The van der Waals surface area contributed by atoms with Gasteiger partial charge >= 0.3 is 0 Å². The standard InChI is InChI=1S/C28H39NO4/c1-17-12-18-8-7-10-27(2,3)20(18)15-28(17,4)23(30)14-21-24-19(9-11-29(21)5)13-22-25(26(24)31-6)33-16-32-22/h13,17,21H,7-12,14-16H2,1-6H3/t17-,21+,28-/m1/s1. The van der Waals surface area contributed by atoms with Crippen LogP contribution < -0.4 is 14.2 Å². The maximum absolute atomic E-state index is 14.1. The van der Waals surface area contributed by atoms with Crippen molar-refractivity contribution in [1.82, 2.24) is 4.90 Å². The fraction of sp³-hybridized carbons (Fsp3) is 0.679. The van der Waals surface area contributed by atoms with Crippen LogP contribution in [-0.4, -0.2) is 38.2 Å². The molecule has 0 saturated heterocycles. The highest BCUT2D eigenvalue weighted by atomic mass is 16.7. The van der Waals surface area contributed by atoms with Crippen LogP contribution in [0.2, 0.25) is 0 Å². The summed E-state index contributed by atoms with van der Waals surface area (Å²) in [6.07, 6.45) is 7.13. The predicted molar refractivity (Wildman–Crippen MR) is 129 cm³/mol. The number of ether oxygens (including phenoxy) is 3. The number of carbonyl (C=O) groups excluding carboxylic acids is 1. The number of Topliss-reactive ketones (excluding diaryl/α,β-unsaturated/α-hetero) is 1. The largest absolute Gasteiger partial charge is 0.492 e. The smallest absolute Gasteiger partial charge is 0.231 e. The van der Waals surface area contributed by atoms with Gasteiger partial charge in [-0.3, -0.25) is 9.69 Å². The SMILES string of the molecule is COc1c2c(cc3c1[C@H](CC(=O)[C@]1(C)CC4=C(CCCC4(C)C)C[C@H]1C)N(C)CC3)OCO2. The van der Waals surface area contributed by atoms with E-state index < -0.39 is 0 Å². The molecule has 3 atom stereocenters. The van der Waals surface area contributed by atoms with Gasteiger partial charge in [-0.1, -0.05) is 38.8 Å². The van der Waals surface area contributed by atoms with Crippen molar-refractivity contribution in [2.75, 3.05) is 27.5 Å². The van der Waals surface area contributed by atoms with E-state index in [1.807, 2.05) is 0 Å². The molecule has 180 valence electrons. The fourth-order valence-electron chi connectivity index (χ4n) is 6.82. The monoisotopic (exact) mass is 453 g/mol. The van der Waals surface area contributed by atoms with Crippen molar-refractivity contribution in [3.63, 3.8) is 0 Å². The zero-order valence-corrected chi connectivity index (χ0v) is 21.2. The Morgan fingerprint density at radius 3 is 2.79 bits per heavy atom. The number of hydrogen-bond acceptors (Lipinski definition) is 5. The van der Waals surface area contributed by atoms with Gasteiger partial charge in [-0.05, 0) is 68.5 Å². The van der Waals surface area contributed by atoms with E-state index in [0.717, 1.165) is 42.9 Å². The Hall–Kier alpha value is -2.01. The molecule has 0 aromatic heterocycles. The number of carbonyl (C=O) groups is 1. The first-order chi connectivity index (χ1) is 15.7. The van der Waals surface area contributed by atoms with Gasteiger partial charge in [0.2, 0.25) is 12.5 Å². The number of allylic oxidation sites excluding steroid dienone is 2. The number of rotatable bonds is 4. The highest BCUT2D eigenvalue weighted by Crippen LogP contribution is 2.56. The molecule has 33 heavy (non-hydrogen) atoms. The summed E-state index contributed by atoms with van der Waals surface area (Å²) in [6, 6.07) is 2.08. The van der Waals surface area contributed by atoms with Crippen LogP contribution in [0.3, 0.4) is 0 Å². The fourth-order valence-corrected chi connectivity index (χ4v) is 6.82. The molecule has 0 bridgehead atoms. The molecule has 0 fully saturated rings. The third kappa shape index (κ3) is 3.58. The van der Waals surface area contributed by atoms with Crippen LogP contribution in [0.1, 0.15) is 83.4 Å². The average molecular weight is 454 g/mol. The first-order valence-corrected chi connectivity index (χ1v) is 12.6. The maximum Gasteiger partial charge on any atom is 0.231 e. The van der Waals surface area contributed by atoms with Gasteiger partial charge in [0, 0.05) is 30.0 Å². The number of nitrogens with zero attached hydrogens (tertiary/aromatic N) is 1. The summed E-state index contributed by atoms with van der Waals surface area (Å²) in [4.78, 5) is 16.4. The Labute approximate surface area is 198 Å². The quantitative estimate of drug-likeness (QED) is 0.535. The van der Waals surface area contributed by atoms with Gasteiger partial charge in [0.1, 0.15) is 5.78 Å². The predicted octanol–water partition coefficient (Wildman–Crippen LogP) is 5.86. The highest BCUT2D eigenvalue weighted by Gasteiger charge is 2.48. The second-order valence-electron chi connectivity index (χ2n) is 11.6. The summed E-state index contributed by atoms with van der Waals surface area (Å²) in [5, 5.41) is 0. The molecule has 0 unspecified atom stereocenters. The highest BCUT2D eigenvalue weighted by molar-refractivity contribution is 5.86. The Balaban J connectivity index is 1.48. The number of benzene rings is 1. The Bertz CT molecular complexity index is 1010. The van der Waals surface area contributed by atoms with E-state index in [2.05, 4.69) is 45.7 Å². The van der Waals surface area contributed by atoms with E-state index >= 15 is 0 Å². The molecule has 0 radical (unpaired) electrons. The van der Waals surface area contributed by atoms with Gasteiger partial charge in [0.15, 0.2) is 11.5 Å². The zero-order valence-electron chi connectivity index (χ0n) is 21.2. The molecular weight excluding hydrogens is 414 g/mol. The van der Waals surface area contributed by atoms with Crippen LogP contribution in [0, 0.1) is 16.7 Å². The van der Waals surface area contributed by atoms with Crippen molar-refractivity contribution >= 4 is 5.78 Å². The lowest BCUT2D eigenvalue weighted by atomic mass is 9.56. The van der Waals surface area contributed by atoms with Crippen molar-refractivity contribution in [2.45, 2.75) is 78.7 Å². The summed E-state index contributed by atoms with van der Waals surface area (Å²) < 4.78 is 17.3. The lowest BCUT2D eigenvalue weighted by Crippen LogP contribution is -2.43. The molecular formula is C28H39NO4. The molecule has 0 saturated carbocycles.